The number of carbonyl (C=O) groups excluding carboxylic acids is 1. The van der Waals surface area contributed by atoms with Crippen LogP contribution in [0.2, 0.25) is 0 Å². The lowest BCUT2D eigenvalue weighted by molar-refractivity contribution is -0.119. The number of carbonyl (C=O) groups is 1. The van der Waals surface area contributed by atoms with Gasteiger partial charge in [0.1, 0.15) is 0 Å². The molecule has 0 aliphatic rings. The number of unbranched alkanes of at least 4 members (excludes halogenated alkanes) is 1. The van der Waals surface area contributed by atoms with Gasteiger partial charge in [0.15, 0.2) is 5.78 Å². The second-order valence-electron chi connectivity index (χ2n) is 3.98. The van der Waals surface area contributed by atoms with Crippen LogP contribution < -0.4 is 5.73 Å². The molecule has 88 valence electrons. The average Bonchev–Trinajstić information content (AvgIpc) is 2.28. The molecule has 0 saturated carbocycles. The topological polar surface area (TPSA) is 43.1 Å². The Bertz CT molecular complexity index is 352. The van der Waals surface area contributed by atoms with Gasteiger partial charge < -0.3 is 5.73 Å². The highest BCUT2D eigenvalue weighted by atomic mass is 79.9. The van der Waals surface area contributed by atoms with Gasteiger partial charge in [0.25, 0.3) is 0 Å². The van der Waals surface area contributed by atoms with Crippen molar-refractivity contribution in [3.05, 3.63) is 34.3 Å². The maximum atomic E-state index is 11.8. The highest BCUT2D eigenvalue weighted by Crippen LogP contribution is 2.17. The van der Waals surface area contributed by atoms with Gasteiger partial charge in [-0.1, -0.05) is 53.9 Å². The van der Waals surface area contributed by atoms with Crippen molar-refractivity contribution in [2.75, 3.05) is 0 Å². The first-order valence-corrected chi connectivity index (χ1v) is 6.46. The normalized spacial score (nSPS) is 12.4. The van der Waals surface area contributed by atoms with Gasteiger partial charge in [-0.3, -0.25) is 4.79 Å². The molecule has 0 spiro atoms. The number of hydrogen-bond donors (Lipinski definition) is 1. The first kappa shape index (κ1) is 13.4. The van der Waals surface area contributed by atoms with E-state index < -0.39 is 0 Å². The Kier molecular flexibility index (Phi) is 5.71. The van der Waals surface area contributed by atoms with Crippen molar-refractivity contribution in [3.8, 4) is 0 Å². The van der Waals surface area contributed by atoms with Crippen molar-refractivity contribution in [3.63, 3.8) is 0 Å². The number of Topliss-reactive ketones (excluding diaryl/α,β-unsaturated/α-hetero) is 1. The number of benzene rings is 1. The second kappa shape index (κ2) is 6.81. The molecule has 0 heterocycles. The largest absolute Gasteiger partial charge is 0.321 e. The molecular formula is C13H18BrNO. The summed E-state index contributed by atoms with van der Waals surface area (Å²) in [7, 11) is 0. The molecule has 0 radical (unpaired) electrons. The Labute approximate surface area is 105 Å². The van der Waals surface area contributed by atoms with E-state index in [1.54, 1.807) is 0 Å². The van der Waals surface area contributed by atoms with Crippen LogP contribution in [0.25, 0.3) is 0 Å². The van der Waals surface area contributed by atoms with Crippen molar-refractivity contribution in [2.45, 2.75) is 38.6 Å². The van der Waals surface area contributed by atoms with Crippen LogP contribution in [-0.4, -0.2) is 11.8 Å². The zero-order chi connectivity index (χ0) is 12.0. The van der Waals surface area contributed by atoms with E-state index in [1.165, 1.54) is 0 Å². The molecule has 1 rings (SSSR count). The molecule has 0 saturated heterocycles. The number of nitrogens with two attached hydrogens (primary N) is 1. The molecule has 16 heavy (non-hydrogen) atoms. The van der Waals surface area contributed by atoms with E-state index in [-0.39, 0.29) is 11.8 Å². The molecule has 0 aromatic heterocycles. The van der Waals surface area contributed by atoms with Gasteiger partial charge in [0.2, 0.25) is 0 Å². The lowest BCUT2D eigenvalue weighted by Crippen LogP contribution is -2.31. The summed E-state index contributed by atoms with van der Waals surface area (Å²) in [6.07, 6.45) is 3.31. The quantitative estimate of drug-likeness (QED) is 0.872. The third kappa shape index (κ3) is 4.06. The number of rotatable bonds is 6. The minimum Gasteiger partial charge on any atom is -0.321 e. The van der Waals surface area contributed by atoms with Crippen LogP contribution in [0.3, 0.4) is 0 Å². The molecule has 0 aliphatic carbocycles. The van der Waals surface area contributed by atoms with Gasteiger partial charge in [-0.05, 0) is 18.1 Å². The third-order valence-corrected chi connectivity index (χ3v) is 3.38. The molecule has 1 aromatic carbocycles. The molecule has 0 bridgehead atoms. The first-order chi connectivity index (χ1) is 7.65. The average molecular weight is 284 g/mol. The zero-order valence-electron chi connectivity index (χ0n) is 9.58. The first-order valence-electron chi connectivity index (χ1n) is 5.66. The van der Waals surface area contributed by atoms with Crippen molar-refractivity contribution in [1.29, 1.82) is 0 Å². The number of halogens is 1. The summed E-state index contributed by atoms with van der Waals surface area (Å²) in [6, 6.07) is 7.46. The fourth-order valence-electron chi connectivity index (χ4n) is 1.55. The van der Waals surface area contributed by atoms with E-state index in [1.807, 2.05) is 24.3 Å². The van der Waals surface area contributed by atoms with E-state index in [4.69, 9.17) is 5.73 Å². The summed E-state index contributed by atoms with van der Waals surface area (Å²) < 4.78 is 0.978. The van der Waals surface area contributed by atoms with E-state index in [0.29, 0.717) is 6.42 Å². The summed E-state index contributed by atoms with van der Waals surface area (Å²) in [5.74, 6) is 0.125. The molecule has 0 aliphatic heterocycles. The lowest BCUT2D eigenvalue weighted by atomic mass is 10.0. The molecule has 3 heteroatoms. The highest BCUT2D eigenvalue weighted by Gasteiger charge is 2.14. The Balaban J connectivity index is 2.54. The van der Waals surface area contributed by atoms with Gasteiger partial charge in [-0.2, -0.15) is 0 Å². The van der Waals surface area contributed by atoms with Gasteiger partial charge >= 0.3 is 0 Å². The molecule has 1 atom stereocenters. The van der Waals surface area contributed by atoms with Crippen LogP contribution in [-0.2, 0) is 11.2 Å². The Hall–Kier alpha value is -0.670. The summed E-state index contributed by atoms with van der Waals surface area (Å²) in [5, 5.41) is 0. The predicted molar refractivity (Wildman–Crippen MR) is 70.4 cm³/mol. The maximum Gasteiger partial charge on any atom is 0.153 e. The van der Waals surface area contributed by atoms with E-state index in [9.17, 15) is 4.79 Å². The Morgan fingerprint density at radius 1 is 1.44 bits per heavy atom. The SMILES string of the molecule is CCCCC(N)C(=O)Cc1ccccc1Br. The monoisotopic (exact) mass is 283 g/mol. The highest BCUT2D eigenvalue weighted by molar-refractivity contribution is 9.10. The van der Waals surface area contributed by atoms with Crippen molar-refractivity contribution in [1.82, 2.24) is 0 Å². The van der Waals surface area contributed by atoms with Gasteiger partial charge in [-0.25, -0.2) is 0 Å². The summed E-state index contributed by atoms with van der Waals surface area (Å²) >= 11 is 3.43. The van der Waals surface area contributed by atoms with Crippen LogP contribution >= 0.6 is 15.9 Å². The van der Waals surface area contributed by atoms with Crippen molar-refractivity contribution < 1.29 is 4.79 Å². The molecule has 1 aromatic rings. The second-order valence-corrected chi connectivity index (χ2v) is 4.84. The maximum absolute atomic E-state index is 11.8. The molecule has 1 unspecified atom stereocenters. The van der Waals surface area contributed by atoms with Crippen molar-refractivity contribution in [2.24, 2.45) is 5.73 Å². The number of hydrogen-bond acceptors (Lipinski definition) is 2. The smallest absolute Gasteiger partial charge is 0.153 e. The van der Waals surface area contributed by atoms with Crippen LogP contribution in [0.5, 0.6) is 0 Å². The molecule has 2 nitrogen and oxygen atoms in total. The third-order valence-electron chi connectivity index (χ3n) is 2.60. The minimum atomic E-state index is -0.313. The summed E-state index contributed by atoms with van der Waals surface area (Å²) in [5.41, 5.74) is 6.85. The van der Waals surface area contributed by atoms with Gasteiger partial charge in [0, 0.05) is 10.9 Å². The van der Waals surface area contributed by atoms with E-state index in [0.717, 1.165) is 29.3 Å². The van der Waals surface area contributed by atoms with Gasteiger partial charge in [0.05, 0.1) is 6.04 Å². The molecule has 0 fully saturated rings. The minimum absolute atomic E-state index is 0.125. The lowest BCUT2D eigenvalue weighted by Gasteiger charge is -2.10. The summed E-state index contributed by atoms with van der Waals surface area (Å²) in [6.45, 7) is 2.10. The van der Waals surface area contributed by atoms with E-state index >= 15 is 0 Å². The molecule has 2 N–H and O–H groups in total. The van der Waals surface area contributed by atoms with Gasteiger partial charge in [-0.15, -0.1) is 0 Å². The van der Waals surface area contributed by atoms with Crippen LogP contribution in [0.15, 0.2) is 28.7 Å². The van der Waals surface area contributed by atoms with Crippen LogP contribution in [0.1, 0.15) is 31.7 Å². The molecule has 0 amide bonds. The standard InChI is InChI=1S/C13H18BrNO/c1-2-3-8-12(15)13(16)9-10-6-4-5-7-11(10)14/h4-7,12H,2-3,8-9,15H2,1H3. The molecular weight excluding hydrogens is 266 g/mol. The number of ketones is 1. The van der Waals surface area contributed by atoms with E-state index in [2.05, 4.69) is 22.9 Å². The fourth-order valence-corrected chi connectivity index (χ4v) is 1.97. The van der Waals surface area contributed by atoms with Crippen LogP contribution in [0, 0.1) is 0 Å². The zero-order valence-corrected chi connectivity index (χ0v) is 11.2. The Morgan fingerprint density at radius 2 is 2.12 bits per heavy atom. The Morgan fingerprint density at radius 3 is 2.75 bits per heavy atom. The predicted octanol–water partition coefficient (Wildman–Crippen LogP) is 3.08. The fraction of sp³-hybridized carbons (Fsp3) is 0.462. The van der Waals surface area contributed by atoms with Crippen LogP contribution in [0.4, 0.5) is 0 Å². The van der Waals surface area contributed by atoms with Crippen molar-refractivity contribution >= 4 is 21.7 Å². The summed E-state index contributed by atoms with van der Waals surface area (Å²) in [4.78, 5) is 11.8.